The minimum Gasteiger partial charge on any atom is -0.357 e. The normalized spacial score (nSPS) is 19.4. The SMILES string of the molecule is O=C1CC(C(=O)N2CCN(C(=O)c3ccc[nH]3)CC2)c2cc(F)ccc2N1. The lowest BCUT2D eigenvalue weighted by molar-refractivity contribution is -0.136. The van der Waals surface area contributed by atoms with Crippen molar-refractivity contribution in [1.29, 1.82) is 0 Å². The number of anilines is 1. The third-order valence-corrected chi connectivity index (χ3v) is 5.06. The second-order valence-corrected chi connectivity index (χ2v) is 6.74. The van der Waals surface area contributed by atoms with Crippen molar-refractivity contribution in [3.8, 4) is 0 Å². The van der Waals surface area contributed by atoms with Gasteiger partial charge in [0.15, 0.2) is 0 Å². The number of aromatic amines is 1. The number of halogens is 1. The Labute approximate surface area is 155 Å². The molecule has 1 fully saturated rings. The molecule has 1 saturated heterocycles. The molecule has 0 radical (unpaired) electrons. The Balaban J connectivity index is 1.46. The standard InChI is InChI=1S/C19H19FN4O3/c20-12-3-4-15-13(10-12)14(11-17(25)22-15)18(26)23-6-8-24(9-7-23)19(27)16-2-1-5-21-16/h1-5,10,14,21H,6-9,11H2,(H,22,25). The molecule has 1 aromatic heterocycles. The number of nitrogens with zero attached hydrogens (tertiary/aromatic N) is 2. The summed E-state index contributed by atoms with van der Waals surface area (Å²) in [5, 5.41) is 2.68. The molecule has 1 unspecified atom stereocenters. The van der Waals surface area contributed by atoms with E-state index in [0.717, 1.165) is 0 Å². The lowest BCUT2D eigenvalue weighted by Gasteiger charge is -2.37. The van der Waals surface area contributed by atoms with Gasteiger partial charge in [0.1, 0.15) is 11.5 Å². The molecule has 1 atom stereocenters. The van der Waals surface area contributed by atoms with E-state index in [4.69, 9.17) is 0 Å². The number of hydrogen-bond donors (Lipinski definition) is 2. The second kappa shape index (κ2) is 6.86. The Hall–Kier alpha value is -3.16. The molecule has 7 nitrogen and oxygen atoms in total. The summed E-state index contributed by atoms with van der Waals surface area (Å²) < 4.78 is 13.7. The number of H-pyrrole nitrogens is 1. The number of carbonyl (C=O) groups excluding carboxylic acids is 3. The van der Waals surface area contributed by atoms with Gasteiger partial charge in [-0.1, -0.05) is 0 Å². The van der Waals surface area contributed by atoms with Crippen LogP contribution in [0.4, 0.5) is 10.1 Å². The molecule has 0 bridgehead atoms. The van der Waals surface area contributed by atoms with Gasteiger partial charge in [-0.25, -0.2) is 4.39 Å². The largest absolute Gasteiger partial charge is 0.357 e. The van der Waals surface area contributed by atoms with Crippen LogP contribution in [-0.4, -0.2) is 58.7 Å². The van der Waals surface area contributed by atoms with Gasteiger partial charge in [0, 0.05) is 44.5 Å². The van der Waals surface area contributed by atoms with Gasteiger partial charge in [0.2, 0.25) is 11.8 Å². The highest BCUT2D eigenvalue weighted by atomic mass is 19.1. The Morgan fingerprint density at radius 2 is 1.81 bits per heavy atom. The molecule has 2 aliphatic heterocycles. The van der Waals surface area contributed by atoms with Gasteiger partial charge in [-0.2, -0.15) is 0 Å². The van der Waals surface area contributed by atoms with Crippen LogP contribution in [0, 0.1) is 5.82 Å². The number of piperazine rings is 1. The average Bonchev–Trinajstić information content (AvgIpc) is 3.21. The minimum absolute atomic E-state index is 0.00307. The highest BCUT2D eigenvalue weighted by molar-refractivity contribution is 6.01. The smallest absolute Gasteiger partial charge is 0.270 e. The van der Waals surface area contributed by atoms with Crippen LogP contribution in [0.2, 0.25) is 0 Å². The molecule has 2 aromatic rings. The van der Waals surface area contributed by atoms with Crippen molar-refractivity contribution in [2.24, 2.45) is 0 Å². The van der Waals surface area contributed by atoms with Crippen LogP contribution in [0.15, 0.2) is 36.5 Å². The number of rotatable bonds is 2. The minimum atomic E-state index is -0.699. The first-order valence-electron chi connectivity index (χ1n) is 8.83. The van der Waals surface area contributed by atoms with Crippen LogP contribution in [0.1, 0.15) is 28.4 Å². The maximum absolute atomic E-state index is 13.7. The molecular weight excluding hydrogens is 351 g/mol. The first-order chi connectivity index (χ1) is 13.0. The van der Waals surface area contributed by atoms with Gasteiger partial charge in [-0.3, -0.25) is 14.4 Å². The van der Waals surface area contributed by atoms with Crippen molar-refractivity contribution < 1.29 is 18.8 Å². The van der Waals surface area contributed by atoms with E-state index in [-0.39, 0.29) is 24.1 Å². The van der Waals surface area contributed by atoms with E-state index < -0.39 is 11.7 Å². The van der Waals surface area contributed by atoms with Gasteiger partial charge in [0.05, 0.1) is 5.92 Å². The van der Waals surface area contributed by atoms with Crippen molar-refractivity contribution in [3.05, 3.63) is 53.6 Å². The first kappa shape index (κ1) is 17.3. The summed E-state index contributed by atoms with van der Waals surface area (Å²) in [6, 6.07) is 7.53. The second-order valence-electron chi connectivity index (χ2n) is 6.74. The predicted octanol–water partition coefficient (Wildman–Crippen LogP) is 1.56. The number of aromatic nitrogens is 1. The topological polar surface area (TPSA) is 85.5 Å². The van der Waals surface area contributed by atoms with Crippen LogP contribution < -0.4 is 5.32 Å². The van der Waals surface area contributed by atoms with Crippen molar-refractivity contribution >= 4 is 23.4 Å². The predicted molar refractivity (Wildman–Crippen MR) is 95.7 cm³/mol. The van der Waals surface area contributed by atoms with E-state index in [1.807, 2.05) is 0 Å². The zero-order valence-electron chi connectivity index (χ0n) is 14.6. The molecule has 2 aliphatic rings. The quantitative estimate of drug-likeness (QED) is 0.841. The van der Waals surface area contributed by atoms with E-state index >= 15 is 0 Å². The van der Waals surface area contributed by atoms with Crippen LogP contribution in [0.5, 0.6) is 0 Å². The summed E-state index contributed by atoms with van der Waals surface area (Å²) in [5.41, 5.74) is 1.50. The molecular formula is C19H19FN4O3. The maximum Gasteiger partial charge on any atom is 0.270 e. The van der Waals surface area contributed by atoms with Crippen molar-refractivity contribution in [2.75, 3.05) is 31.5 Å². The summed E-state index contributed by atoms with van der Waals surface area (Å²) in [5.74, 6) is -1.70. The number of fused-ring (bicyclic) bond motifs is 1. The molecule has 3 heterocycles. The summed E-state index contributed by atoms with van der Waals surface area (Å²) in [6.07, 6.45) is 1.69. The zero-order valence-corrected chi connectivity index (χ0v) is 14.6. The Kier molecular flexibility index (Phi) is 4.39. The van der Waals surface area contributed by atoms with Crippen LogP contribution in [0.3, 0.4) is 0 Å². The lowest BCUT2D eigenvalue weighted by atomic mass is 9.89. The Bertz CT molecular complexity index is 888. The number of benzene rings is 1. The van der Waals surface area contributed by atoms with Crippen molar-refractivity contribution in [1.82, 2.24) is 14.8 Å². The van der Waals surface area contributed by atoms with Crippen molar-refractivity contribution in [2.45, 2.75) is 12.3 Å². The van der Waals surface area contributed by atoms with Crippen LogP contribution in [-0.2, 0) is 9.59 Å². The highest BCUT2D eigenvalue weighted by Crippen LogP contribution is 2.34. The van der Waals surface area contributed by atoms with Crippen LogP contribution >= 0.6 is 0 Å². The van der Waals surface area contributed by atoms with E-state index in [0.29, 0.717) is 43.1 Å². The molecule has 0 saturated carbocycles. The number of amides is 3. The van der Waals surface area contributed by atoms with E-state index in [1.54, 1.807) is 28.1 Å². The van der Waals surface area contributed by atoms with E-state index in [2.05, 4.69) is 10.3 Å². The van der Waals surface area contributed by atoms with Gasteiger partial charge < -0.3 is 20.1 Å². The Morgan fingerprint density at radius 1 is 1.07 bits per heavy atom. The fourth-order valence-electron chi connectivity index (χ4n) is 3.64. The summed E-state index contributed by atoms with van der Waals surface area (Å²) in [6.45, 7) is 1.60. The van der Waals surface area contributed by atoms with E-state index in [9.17, 15) is 18.8 Å². The third-order valence-electron chi connectivity index (χ3n) is 5.06. The monoisotopic (exact) mass is 370 g/mol. The molecule has 0 spiro atoms. The van der Waals surface area contributed by atoms with E-state index in [1.165, 1.54) is 18.2 Å². The molecule has 140 valence electrons. The highest BCUT2D eigenvalue weighted by Gasteiger charge is 2.35. The molecule has 27 heavy (non-hydrogen) atoms. The van der Waals surface area contributed by atoms with Crippen LogP contribution in [0.25, 0.3) is 0 Å². The Morgan fingerprint density at radius 3 is 2.52 bits per heavy atom. The third kappa shape index (κ3) is 3.30. The van der Waals surface area contributed by atoms with Gasteiger partial charge in [-0.05, 0) is 35.9 Å². The average molecular weight is 370 g/mol. The van der Waals surface area contributed by atoms with Gasteiger partial charge in [-0.15, -0.1) is 0 Å². The number of carbonyl (C=O) groups is 3. The maximum atomic E-state index is 13.7. The molecule has 1 aromatic carbocycles. The summed E-state index contributed by atoms with van der Waals surface area (Å²) in [4.78, 5) is 43.6. The molecule has 8 heteroatoms. The molecule has 2 N–H and O–H groups in total. The van der Waals surface area contributed by atoms with Gasteiger partial charge in [0.25, 0.3) is 5.91 Å². The number of nitrogens with one attached hydrogen (secondary N) is 2. The number of hydrogen-bond acceptors (Lipinski definition) is 3. The fraction of sp³-hybridized carbons (Fsp3) is 0.316. The molecule has 0 aliphatic carbocycles. The summed E-state index contributed by atoms with van der Waals surface area (Å²) >= 11 is 0. The zero-order chi connectivity index (χ0) is 19.0. The lowest BCUT2D eigenvalue weighted by Crippen LogP contribution is -2.52. The van der Waals surface area contributed by atoms with Gasteiger partial charge >= 0.3 is 0 Å². The summed E-state index contributed by atoms with van der Waals surface area (Å²) in [7, 11) is 0. The van der Waals surface area contributed by atoms with Crippen molar-refractivity contribution in [3.63, 3.8) is 0 Å². The first-order valence-corrected chi connectivity index (χ1v) is 8.83. The molecule has 4 rings (SSSR count). The fourth-order valence-corrected chi connectivity index (χ4v) is 3.64. The molecule has 3 amide bonds.